The van der Waals surface area contributed by atoms with Crippen LogP contribution in [0.3, 0.4) is 0 Å². The summed E-state index contributed by atoms with van der Waals surface area (Å²) in [5.74, 6) is 0.873. The molecule has 0 spiro atoms. The van der Waals surface area contributed by atoms with E-state index in [1.54, 1.807) is 0 Å². The Labute approximate surface area is 135 Å². The van der Waals surface area contributed by atoms with E-state index in [1.807, 2.05) is 25.1 Å². The number of nitrogens with zero attached hydrogens (tertiary/aromatic N) is 1. The van der Waals surface area contributed by atoms with Gasteiger partial charge in [-0.3, -0.25) is 9.69 Å². The summed E-state index contributed by atoms with van der Waals surface area (Å²) in [5.41, 5.74) is 2.02. The molecule has 0 bridgehead atoms. The number of carbonyl (C=O) groups excluding carboxylic acids is 1. The number of hydrogen-bond donors (Lipinski definition) is 1. The predicted octanol–water partition coefficient (Wildman–Crippen LogP) is 3.85. The molecule has 1 fully saturated rings. The summed E-state index contributed by atoms with van der Waals surface area (Å²) in [7, 11) is 0. The number of likely N-dealkylation sites (tertiary alicyclic amines) is 1. The summed E-state index contributed by atoms with van der Waals surface area (Å²) >= 11 is 3.48. The van der Waals surface area contributed by atoms with Crippen LogP contribution in [-0.4, -0.2) is 30.4 Å². The molecule has 1 amide bonds. The molecule has 1 aromatic rings. The van der Waals surface area contributed by atoms with E-state index in [-0.39, 0.29) is 18.3 Å². The Balaban J connectivity index is 0.00000200. The summed E-state index contributed by atoms with van der Waals surface area (Å²) in [6.45, 7) is 6.88. The fourth-order valence-corrected chi connectivity index (χ4v) is 2.67. The minimum atomic E-state index is 0. The highest BCUT2D eigenvalue weighted by atomic mass is 79.9. The van der Waals surface area contributed by atoms with Gasteiger partial charge in [0.05, 0.1) is 6.54 Å². The highest BCUT2D eigenvalue weighted by Gasteiger charge is 2.17. The number of aryl methyl sites for hydroxylation is 1. The van der Waals surface area contributed by atoms with Crippen molar-refractivity contribution in [3.63, 3.8) is 0 Å². The van der Waals surface area contributed by atoms with Crippen LogP contribution in [0.25, 0.3) is 0 Å². The van der Waals surface area contributed by atoms with Crippen molar-refractivity contribution in [1.82, 2.24) is 4.90 Å². The third-order valence-corrected chi connectivity index (χ3v) is 4.55. The van der Waals surface area contributed by atoms with Crippen molar-refractivity contribution in [2.24, 2.45) is 5.92 Å². The van der Waals surface area contributed by atoms with E-state index in [9.17, 15) is 4.79 Å². The number of amides is 1. The number of carbonyl (C=O) groups is 1. The molecule has 20 heavy (non-hydrogen) atoms. The maximum atomic E-state index is 12.0. The quantitative estimate of drug-likeness (QED) is 0.887. The molecule has 1 N–H and O–H groups in total. The zero-order valence-corrected chi connectivity index (χ0v) is 14.4. The standard InChI is InChI=1S/C15H21BrN2O.ClH/c1-11-5-7-18(8-6-11)10-15(19)17-13-4-3-12(2)14(16)9-13;/h3-4,9,11H,5-8,10H2,1-2H3,(H,17,19);1H. The molecule has 112 valence electrons. The Hall–Kier alpha value is -0.580. The fourth-order valence-electron chi connectivity index (χ4n) is 2.29. The molecule has 0 unspecified atom stereocenters. The van der Waals surface area contributed by atoms with E-state index >= 15 is 0 Å². The number of anilines is 1. The summed E-state index contributed by atoms with van der Waals surface area (Å²) in [5, 5.41) is 2.96. The van der Waals surface area contributed by atoms with Crippen LogP contribution in [0, 0.1) is 12.8 Å². The second-order valence-electron chi connectivity index (χ2n) is 5.47. The van der Waals surface area contributed by atoms with Crippen LogP contribution >= 0.6 is 28.3 Å². The molecule has 0 atom stereocenters. The first kappa shape index (κ1) is 17.5. The van der Waals surface area contributed by atoms with Crippen LogP contribution < -0.4 is 5.32 Å². The van der Waals surface area contributed by atoms with Crippen molar-refractivity contribution < 1.29 is 4.79 Å². The van der Waals surface area contributed by atoms with Crippen molar-refractivity contribution in [2.75, 3.05) is 25.0 Å². The first-order chi connectivity index (χ1) is 9.04. The monoisotopic (exact) mass is 360 g/mol. The zero-order valence-electron chi connectivity index (χ0n) is 12.0. The average Bonchev–Trinajstić information content (AvgIpc) is 2.37. The highest BCUT2D eigenvalue weighted by molar-refractivity contribution is 9.10. The van der Waals surface area contributed by atoms with Crippen molar-refractivity contribution in [1.29, 1.82) is 0 Å². The number of rotatable bonds is 3. The van der Waals surface area contributed by atoms with Crippen LogP contribution in [0.15, 0.2) is 22.7 Å². The number of nitrogens with one attached hydrogen (secondary N) is 1. The molecule has 0 aromatic heterocycles. The lowest BCUT2D eigenvalue weighted by Gasteiger charge is -2.29. The topological polar surface area (TPSA) is 32.3 Å². The number of benzene rings is 1. The van der Waals surface area contributed by atoms with Gasteiger partial charge in [0.25, 0.3) is 0 Å². The zero-order chi connectivity index (χ0) is 13.8. The summed E-state index contributed by atoms with van der Waals surface area (Å²) in [6, 6.07) is 5.89. The van der Waals surface area contributed by atoms with E-state index in [2.05, 4.69) is 33.1 Å². The second kappa shape index (κ2) is 8.01. The minimum absolute atomic E-state index is 0. The largest absolute Gasteiger partial charge is 0.325 e. The van der Waals surface area contributed by atoms with Crippen LogP contribution in [0.2, 0.25) is 0 Å². The molecule has 3 nitrogen and oxygen atoms in total. The molecule has 2 rings (SSSR count). The Morgan fingerprint density at radius 2 is 2.05 bits per heavy atom. The van der Waals surface area contributed by atoms with E-state index in [1.165, 1.54) is 18.4 Å². The Morgan fingerprint density at radius 3 is 2.65 bits per heavy atom. The molecule has 1 aromatic carbocycles. The molecule has 5 heteroatoms. The predicted molar refractivity (Wildman–Crippen MR) is 89.6 cm³/mol. The number of hydrogen-bond acceptors (Lipinski definition) is 2. The smallest absolute Gasteiger partial charge is 0.238 e. The number of piperidine rings is 1. The molecule has 0 saturated carbocycles. The van der Waals surface area contributed by atoms with Gasteiger partial charge in [0.1, 0.15) is 0 Å². The van der Waals surface area contributed by atoms with Gasteiger partial charge in [-0.05, 0) is 56.5 Å². The second-order valence-corrected chi connectivity index (χ2v) is 6.33. The van der Waals surface area contributed by atoms with Crippen LogP contribution in [0.1, 0.15) is 25.3 Å². The van der Waals surface area contributed by atoms with Gasteiger partial charge in [-0.1, -0.05) is 28.9 Å². The van der Waals surface area contributed by atoms with Gasteiger partial charge < -0.3 is 5.32 Å². The summed E-state index contributed by atoms with van der Waals surface area (Å²) in [4.78, 5) is 14.2. The van der Waals surface area contributed by atoms with Crippen molar-refractivity contribution in [3.05, 3.63) is 28.2 Å². The summed E-state index contributed by atoms with van der Waals surface area (Å²) in [6.07, 6.45) is 2.40. The molecular weight excluding hydrogens is 340 g/mol. The Morgan fingerprint density at radius 1 is 1.40 bits per heavy atom. The molecule has 1 aliphatic rings. The molecule has 1 aliphatic heterocycles. The lowest BCUT2D eigenvalue weighted by atomic mass is 9.99. The van der Waals surface area contributed by atoms with Gasteiger partial charge in [0, 0.05) is 10.2 Å². The minimum Gasteiger partial charge on any atom is -0.325 e. The molecule has 0 radical (unpaired) electrons. The lowest BCUT2D eigenvalue weighted by Crippen LogP contribution is -2.38. The first-order valence-corrected chi connectivity index (χ1v) is 7.62. The van der Waals surface area contributed by atoms with E-state index in [0.717, 1.165) is 29.2 Å². The van der Waals surface area contributed by atoms with Gasteiger partial charge in [0.15, 0.2) is 0 Å². The molecule has 1 heterocycles. The maximum Gasteiger partial charge on any atom is 0.238 e. The fraction of sp³-hybridized carbons (Fsp3) is 0.533. The average molecular weight is 362 g/mol. The third kappa shape index (κ3) is 5.08. The van der Waals surface area contributed by atoms with E-state index < -0.39 is 0 Å². The van der Waals surface area contributed by atoms with Crippen molar-refractivity contribution in [2.45, 2.75) is 26.7 Å². The van der Waals surface area contributed by atoms with Gasteiger partial charge in [-0.2, -0.15) is 0 Å². The Kier molecular flexibility index (Phi) is 7.00. The summed E-state index contributed by atoms with van der Waals surface area (Å²) < 4.78 is 1.03. The van der Waals surface area contributed by atoms with Crippen LogP contribution in [0.5, 0.6) is 0 Å². The molecule has 1 saturated heterocycles. The third-order valence-electron chi connectivity index (χ3n) is 3.70. The molecular formula is C15H22BrClN2O. The Bertz CT molecular complexity index is 459. The van der Waals surface area contributed by atoms with E-state index in [0.29, 0.717) is 6.54 Å². The van der Waals surface area contributed by atoms with Gasteiger partial charge >= 0.3 is 0 Å². The first-order valence-electron chi connectivity index (χ1n) is 6.83. The van der Waals surface area contributed by atoms with Gasteiger partial charge in [-0.15, -0.1) is 12.4 Å². The highest BCUT2D eigenvalue weighted by Crippen LogP contribution is 2.21. The maximum absolute atomic E-state index is 12.0. The number of halogens is 2. The van der Waals surface area contributed by atoms with Gasteiger partial charge in [-0.25, -0.2) is 0 Å². The SMILES string of the molecule is Cc1ccc(NC(=O)CN2CCC(C)CC2)cc1Br.Cl. The normalized spacial score (nSPS) is 16.6. The molecule has 0 aliphatic carbocycles. The van der Waals surface area contributed by atoms with Gasteiger partial charge in [0.2, 0.25) is 5.91 Å². The van der Waals surface area contributed by atoms with E-state index in [4.69, 9.17) is 0 Å². The lowest BCUT2D eigenvalue weighted by molar-refractivity contribution is -0.117. The van der Waals surface area contributed by atoms with Crippen LogP contribution in [0.4, 0.5) is 5.69 Å². The van der Waals surface area contributed by atoms with Crippen molar-refractivity contribution in [3.8, 4) is 0 Å². The van der Waals surface area contributed by atoms with Crippen molar-refractivity contribution >= 4 is 39.9 Å². The van der Waals surface area contributed by atoms with Crippen LogP contribution in [-0.2, 0) is 4.79 Å².